The van der Waals surface area contributed by atoms with Crippen molar-refractivity contribution in [3.05, 3.63) is 95.1 Å². The summed E-state index contributed by atoms with van der Waals surface area (Å²) in [6.45, 7) is 10.3. The van der Waals surface area contributed by atoms with Gasteiger partial charge in [-0.25, -0.2) is 8.42 Å². The van der Waals surface area contributed by atoms with Gasteiger partial charge in [-0.3, -0.25) is 14.0 Å². The SMILES string of the molecule is Cc1ccc(S(=O)(=O)N(CC(=O)NCc2ccc(CN3CCOCC3)cc2)c2ccc(C(C)C)cc2)cc1. The van der Waals surface area contributed by atoms with Crippen LogP contribution in [-0.2, 0) is 32.6 Å². The van der Waals surface area contributed by atoms with Crippen LogP contribution in [0.5, 0.6) is 0 Å². The number of nitrogens with zero attached hydrogens (tertiary/aromatic N) is 2. The second-order valence-corrected chi connectivity index (χ2v) is 11.9. The van der Waals surface area contributed by atoms with E-state index in [-0.39, 0.29) is 17.3 Å². The first-order valence-electron chi connectivity index (χ1n) is 13.1. The molecule has 3 aromatic rings. The molecular weight excluding hydrogens is 498 g/mol. The molecule has 0 atom stereocenters. The summed E-state index contributed by atoms with van der Waals surface area (Å²) in [7, 11) is -3.94. The molecule has 1 aliphatic rings. The van der Waals surface area contributed by atoms with Crippen molar-refractivity contribution in [2.24, 2.45) is 0 Å². The van der Waals surface area contributed by atoms with Crippen LogP contribution >= 0.6 is 0 Å². The number of benzene rings is 3. The molecule has 0 saturated carbocycles. The number of hydrogen-bond donors (Lipinski definition) is 1. The van der Waals surface area contributed by atoms with E-state index in [1.807, 2.05) is 31.2 Å². The molecule has 1 amide bonds. The highest BCUT2D eigenvalue weighted by molar-refractivity contribution is 7.92. The summed E-state index contributed by atoms with van der Waals surface area (Å²) in [6, 6.07) is 22.2. The zero-order chi connectivity index (χ0) is 27.1. The first-order chi connectivity index (χ1) is 18.2. The van der Waals surface area contributed by atoms with Crippen molar-refractivity contribution >= 4 is 21.6 Å². The van der Waals surface area contributed by atoms with Gasteiger partial charge in [-0.2, -0.15) is 0 Å². The molecule has 38 heavy (non-hydrogen) atoms. The fourth-order valence-corrected chi connectivity index (χ4v) is 5.77. The van der Waals surface area contributed by atoms with E-state index in [1.165, 1.54) is 9.87 Å². The van der Waals surface area contributed by atoms with Gasteiger partial charge in [0.15, 0.2) is 0 Å². The molecule has 4 rings (SSSR count). The molecule has 1 saturated heterocycles. The number of anilines is 1. The van der Waals surface area contributed by atoms with E-state index in [1.54, 1.807) is 36.4 Å². The number of nitrogens with one attached hydrogen (secondary N) is 1. The van der Waals surface area contributed by atoms with Crippen molar-refractivity contribution in [1.29, 1.82) is 0 Å². The van der Waals surface area contributed by atoms with Gasteiger partial charge >= 0.3 is 0 Å². The van der Waals surface area contributed by atoms with E-state index < -0.39 is 10.0 Å². The molecule has 1 N–H and O–H groups in total. The highest BCUT2D eigenvalue weighted by atomic mass is 32.2. The Hall–Kier alpha value is -3.20. The molecule has 0 aliphatic carbocycles. The molecule has 0 radical (unpaired) electrons. The lowest BCUT2D eigenvalue weighted by Crippen LogP contribution is -2.40. The number of morpholine rings is 1. The third-order valence-corrected chi connectivity index (χ3v) is 8.55. The second kappa shape index (κ2) is 12.6. The first-order valence-corrected chi connectivity index (χ1v) is 14.5. The molecule has 1 aliphatic heterocycles. The third-order valence-electron chi connectivity index (χ3n) is 6.77. The normalized spacial score (nSPS) is 14.4. The van der Waals surface area contributed by atoms with Crippen LogP contribution in [-0.4, -0.2) is 52.1 Å². The summed E-state index contributed by atoms with van der Waals surface area (Å²) in [4.78, 5) is 15.5. The van der Waals surface area contributed by atoms with Gasteiger partial charge in [-0.1, -0.05) is 67.9 Å². The molecule has 0 unspecified atom stereocenters. The van der Waals surface area contributed by atoms with E-state index in [4.69, 9.17) is 4.74 Å². The van der Waals surface area contributed by atoms with E-state index in [9.17, 15) is 13.2 Å². The van der Waals surface area contributed by atoms with Gasteiger partial charge in [-0.15, -0.1) is 0 Å². The minimum atomic E-state index is -3.94. The summed E-state index contributed by atoms with van der Waals surface area (Å²) in [5.74, 6) is -0.0548. The van der Waals surface area contributed by atoms with E-state index in [0.29, 0.717) is 18.2 Å². The molecule has 1 fully saturated rings. The zero-order valence-corrected chi connectivity index (χ0v) is 23.2. The summed E-state index contributed by atoms with van der Waals surface area (Å²) in [5.41, 5.74) is 4.69. The van der Waals surface area contributed by atoms with Crippen molar-refractivity contribution in [2.45, 2.75) is 44.7 Å². The summed E-state index contributed by atoms with van der Waals surface area (Å²) in [5, 5.41) is 2.89. The maximum absolute atomic E-state index is 13.6. The highest BCUT2D eigenvalue weighted by Gasteiger charge is 2.27. The van der Waals surface area contributed by atoms with Gasteiger partial charge in [0.25, 0.3) is 10.0 Å². The van der Waals surface area contributed by atoms with Gasteiger partial charge in [0, 0.05) is 26.2 Å². The van der Waals surface area contributed by atoms with Gasteiger partial charge in [0.05, 0.1) is 23.8 Å². The maximum Gasteiger partial charge on any atom is 0.264 e. The fraction of sp³-hybridized carbons (Fsp3) is 0.367. The second-order valence-electron chi connectivity index (χ2n) is 10.1. The number of rotatable bonds is 10. The standard InChI is InChI=1S/C30H37N3O4S/c1-23(2)27-10-12-28(13-11-27)33(38(35,36)29-14-4-24(3)5-15-29)22-30(34)31-20-25-6-8-26(9-7-25)21-32-16-18-37-19-17-32/h4-15,23H,16-22H2,1-3H3,(H,31,34). The van der Waals surface area contributed by atoms with Crippen LogP contribution in [0.3, 0.4) is 0 Å². The van der Waals surface area contributed by atoms with Crippen molar-refractivity contribution < 1.29 is 17.9 Å². The Morgan fingerprint density at radius 2 is 1.53 bits per heavy atom. The zero-order valence-electron chi connectivity index (χ0n) is 22.4. The number of carbonyl (C=O) groups is 1. The van der Waals surface area contributed by atoms with Gasteiger partial charge < -0.3 is 10.1 Å². The predicted octanol–water partition coefficient (Wildman–Crippen LogP) is 4.46. The van der Waals surface area contributed by atoms with E-state index >= 15 is 0 Å². The van der Waals surface area contributed by atoms with Crippen LogP contribution in [0.25, 0.3) is 0 Å². The Morgan fingerprint density at radius 1 is 0.921 bits per heavy atom. The Balaban J connectivity index is 1.45. The van der Waals surface area contributed by atoms with Crippen LogP contribution < -0.4 is 9.62 Å². The van der Waals surface area contributed by atoms with Gasteiger partial charge in [0.1, 0.15) is 6.54 Å². The molecular formula is C30H37N3O4S. The van der Waals surface area contributed by atoms with Crippen molar-refractivity contribution in [2.75, 3.05) is 37.2 Å². The monoisotopic (exact) mass is 535 g/mol. The molecule has 202 valence electrons. The quantitative estimate of drug-likeness (QED) is 0.415. The minimum Gasteiger partial charge on any atom is -0.379 e. The summed E-state index contributed by atoms with van der Waals surface area (Å²) in [6.07, 6.45) is 0. The van der Waals surface area contributed by atoms with E-state index in [0.717, 1.165) is 49.5 Å². The molecule has 1 heterocycles. The Bertz CT molecular complexity index is 1300. The Labute approximate surface area is 226 Å². The topological polar surface area (TPSA) is 79.0 Å². The van der Waals surface area contributed by atoms with Crippen molar-refractivity contribution in [3.63, 3.8) is 0 Å². The Kier molecular flexibility index (Phi) is 9.20. The lowest BCUT2D eigenvalue weighted by molar-refractivity contribution is -0.119. The largest absolute Gasteiger partial charge is 0.379 e. The van der Waals surface area contributed by atoms with Crippen molar-refractivity contribution in [1.82, 2.24) is 10.2 Å². The van der Waals surface area contributed by atoms with E-state index in [2.05, 4.69) is 36.2 Å². The van der Waals surface area contributed by atoms with Gasteiger partial charge in [0.2, 0.25) is 5.91 Å². The van der Waals surface area contributed by atoms with Gasteiger partial charge in [-0.05, 0) is 53.8 Å². The lowest BCUT2D eigenvalue weighted by Gasteiger charge is -2.26. The fourth-order valence-electron chi connectivity index (χ4n) is 4.34. The van der Waals surface area contributed by atoms with Crippen LogP contribution in [0, 0.1) is 6.92 Å². The average Bonchev–Trinajstić information content (AvgIpc) is 2.92. The van der Waals surface area contributed by atoms with Crippen LogP contribution in [0.4, 0.5) is 5.69 Å². The minimum absolute atomic E-state index is 0.152. The summed E-state index contributed by atoms with van der Waals surface area (Å²) >= 11 is 0. The predicted molar refractivity (Wildman–Crippen MR) is 151 cm³/mol. The highest BCUT2D eigenvalue weighted by Crippen LogP contribution is 2.26. The Morgan fingerprint density at radius 3 is 2.13 bits per heavy atom. The van der Waals surface area contributed by atoms with Crippen molar-refractivity contribution in [3.8, 4) is 0 Å². The smallest absolute Gasteiger partial charge is 0.264 e. The maximum atomic E-state index is 13.6. The third kappa shape index (κ3) is 7.22. The summed E-state index contributed by atoms with van der Waals surface area (Å²) < 4.78 is 33.8. The molecule has 8 heteroatoms. The van der Waals surface area contributed by atoms with Crippen LogP contribution in [0.15, 0.2) is 77.7 Å². The lowest BCUT2D eigenvalue weighted by atomic mass is 10.0. The molecule has 0 spiro atoms. The molecule has 0 aromatic heterocycles. The number of hydrogen-bond acceptors (Lipinski definition) is 5. The first kappa shape index (κ1) is 27.8. The molecule has 0 bridgehead atoms. The number of amides is 1. The van der Waals surface area contributed by atoms with Crippen LogP contribution in [0.2, 0.25) is 0 Å². The van der Waals surface area contributed by atoms with Crippen LogP contribution in [0.1, 0.15) is 42.0 Å². The average molecular weight is 536 g/mol. The number of sulfonamides is 1. The molecule has 3 aromatic carbocycles. The molecule has 7 nitrogen and oxygen atoms in total. The number of ether oxygens (including phenoxy) is 1. The number of carbonyl (C=O) groups excluding carboxylic acids is 1. The number of aryl methyl sites for hydroxylation is 1.